The van der Waals surface area contributed by atoms with Crippen LogP contribution in [-0.2, 0) is 5.41 Å². The van der Waals surface area contributed by atoms with Gasteiger partial charge < -0.3 is 5.32 Å². The van der Waals surface area contributed by atoms with Gasteiger partial charge in [0, 0.05) is 12.0 Å². The Morgan fingerprint density at radius 3 is 2.40 bits per heavy atom. The molecule has 1 aromatic carbocycles. The van der Waals surface area contributed by atoms with Crippen molar-refractivity contribution < 1.29 is 8.78 Å². The number of hydrogen-bond acceptors (Lipinski definition) is 1. The van der Waals surface area contributed by atoms with Crippen LogP contribution in [0, 0.1) is 5.82 Å². The molecule has 1 saturated carbocycles. The predicted molar refractivity (Wildman–Crippen MR) is 56.1 cm³/mol. The monoisotopic (exact) mass is 211 g/mol. The van der Waals surface area contributed by atoms with E-state index in [9.17, 15) is 8.78 Å². The highest BCUT2D eigenvalue weighted by atomic mass is 19.1. The fourth-order valence-electron chi connectivity index (χ4n) is 2.41. The van der Waals surface area contributed by atoms with Crippen LogP contribution in [0.25, 0.3) is 0 Å². The van der Waals surface area contributed by atoms with Crippen LogP contribution >= 0.6 is 0 Å². The maximum Gasteiger partial charge on any atom is 0.123 e. The molecule has 0 saturated heterocycles. The second kappa shape index (κ2) is 3.89. The van der Waals surface area contributed by atoms with Gasteiger partial charge in [-0.1, -0.05) is 12.1 Å². The Labute approximate surface area is 88.5 Å². The zero-order valence-corrected chi connectivity index (χ0v) is 8.76. The van der Waals surface area contributed by atoms with E-state index in [0.29, 0.717) is 12.8 Å². The SMILES string of the molecule is CNCC1(c2ccc(F)cc2)CC(F)C1. The van der Waals surface area contributed by atoms with Gasteiger partial charge in [-0.2, -0.15) is 0 Å². The zero-order valence-electron chi connectivity index (χ0n) is 8.76. The molecule has 1 N–H and O–H groups in total. The smallest absolute Gasteiger partial charge is 0.123 e. The molecule has 3 heteroatoms. The number of likely N-dealkylation sites (N-methyl/N-ethyl adjacent to an activating group) is 1. The highest BCUT2D eigenvalue weighted by molar-refractivity contribution is 5.30. The van der Waals surface area contributed by atoms with Crippen LogP contribution in [0.2, 0.25) is 0 Å². The largest absolute Gasteiger partial charge is 0.319 e. The molecule has 2 rings (SSSR count). The molecule has 0 bridgehead atoms. The van der Waals surface area contributed by atoms with Gasteiger partial charge in [0.2, 0.25) is 0 Å². The van der Waals surface area contributed by atoms with Gasteiger partial charge in [0.15, 0.2) is 0 Å². The van der Waals surface area contributed by atoms with Gasteiger partial charge in [-0.3, -0.25) is 0 Å². The molecular formula is C12H15F2N. The Morgan fingerprint density at radius 2 is 1.93 bits per heavy atom. The molecule has 0 heterocycles. The molecule has 0 spiro atoms. The van der Waals surface area contributed by atoms with Gasteiger partial charge >= 0.3 is 0 Å². The summed E-state index contributed by atoms with van der Waals surface area (Å²) in [5.74, 6) is -0.241. The standard InChI is InChI=1S/C12H15F2N/c1-15-8-12(6-11(14)7-12)9-2-4-10(13)5-3-9/h2-5,11,15H,6-8H2,1H3. The number of nitrogens with one attached hydrogen (secondary N) is 1. The molecule has 1 fully saturated rings. The zero-order chi connectivity index (χ0) is 10.9. The fraction of sp³-hybridized carbons (Fsp3) is 0.500. The maximum absolute atomic E-state index is 13.0. The Bertz CT molecular complexity index is 322. The van der Waals surface area contributed by atoms with Crippen molar-refractivity contribution >= 4 is 0 Å². The van der Waals surface area contributed by atoms with Crippen LogP contribution < -0.4 is 5.32 Å². The van der Waals surface area contributed by atoms with E-state index < -0.39 is 6.17 Å². The Balaban J connectivity index is 2.22. The third-order valence-corrected chi connectivity index (χ3v) is 3.20. The second-order valence-electron chi connectivity index (χ2n) is 4.32. The van der Waals surface area contributed by atoms with Gasteiger partial charge in [0.05, 0.1) is 0 Å². The molecule has 82 valence electrons. The molecule has 0 amide bonds. The first kappa shape index (κ1) is 10.6. The third-order valence-electron chi connectivity index (χ3n) is 3.20. The van der Waals surface area contributed by atoms with E-state index in [2.05, 4.69) is 5.32 Å². The van der Waals surface area contributed by atoms with Gasteiger partial charge in [-0.05, 0) is 37.6 Å². The van der Waals surface area contributed by atoms with Crippen LogP contribution in [0.4, 0.5) is 8.78 Å². The highest BCUT2D eigenvalue weighted by Crippen LogP contribution is 2.44. The van der Waals surface area contributed by atoms with Gasteiger partial charge in [-0.25, -0.2) is 8.78 Å². The number of benzene rings is 1. The first-order chi connectivity index (χ1) is 7.16. The van der Waals surface area contributed by atoms with Crippen LogP contribution in [0.15, 0.2) is 24.3 Å². The van der Waals surface area contributed by atoms with Crippen molar-refractivity contribution in [2.45, 2.75) is 24.4 Å². The quantitative estimate of drug-likeness (QED) is 0.809. The molecule has 0 aromatic heterocycles. The molecular weight excluding hydrogens is 196 g/mol. The van der Waals surface area contributed by atoms with E-state index in [1.807, 2.05) is 7.05 Å². The molecule has 0 radical (unpaired) electrons. The van der Waals surface area contributed by atoms with Crippen molar-refractivity contribution in [3.63, 3.8) is 0 Å². The summed E-state index contributed by atoms with van der Waals surface area (Å²) in [6.07, 6.45) is 0.377. The van der Waals surface area contributed by atoms with E-state index in [-0.39, 0.29) is 11.2 Å². The minimum atomic E-state index is -0.705. The molecule has 1 aromatic rings. The summed E-state index contributed by atoms with van der Waals surface area (Å²) in [6, 6.07) is 6.41. The van der Waals surface area contributed by atoms with Crippen molar-refractivity contribution in [3.8, 4) is 0 Å². The number of alkyl halides is 1. The summed E-state index contributed by atoms with van der Waals surface area (Å²) >= 11 is 0. The third kappa shape index (κ3) is 1.88. The lowest BCUT2D eigenvalue weighted by atomic mass is 9.63. The molecule has 0 aliphatic heterocycles. The fourth-order valence-corrected chi connectivity index (χ4v) is 2.41. The second-order valence-corrected chi connectivity index (χ2v) is 4.32. The van der Waals surface area contributed by atoms with Crippen molar-refractivity contribution in [1.82, 2.24) is 5.32 Å². The summed E-state index contributed by atoms with van der Waals surface area (Å²) < 4.78 is 25.8. The summed E-state index contributed by atoms with van der Waals surface area (Å²) in [4.78, 5) is 0. The number of halogens is 2. The van der Waals surface area contributed by atoms with Crippen LogP contribution in [0.1, 0.15) is 18.4 Å². The van der Waals surface area contributed by atoms with Gasteiger partial charge in [0.25, 0.3) is 0 Å². The first-order valence-corrected chi connectivity index (χ1v) is 5.21. The Morgan fingerprint density at radius 1 is 1.33 bits per heavy atom. The Kier molecular flexibility index (Phi) is 2.74. The summed E-state index contributed by atoms with van der Waals surface area (Å²) in [5, 5.41) is 3.08. The van der Waals surface area contributed by atoms with Crippen LogP contribution in [0.5, 0.6) is 0 Å². The van der Waals surface area contributed by atoms with Crippen LogP contribution in [0.3, 0.4) is 0 Å². The van der Waals surface area contributed by atoms with Gasteiger partial charge in [-0.15, -0.1) is 0 Å². The molecule has 1 aliphatic rings. The number of hydrogen-bond donors (Lipinski definition) is 1. The molecule has 0 unspecified atom stereocenters. The Hall–Kier alpha value is -0.960. The number of rotatable bonds is 3. The summed E-state index contributed by atoms with van der Waals surface area (Å²) in [6.45, 7) is 0.749. The average molecular weight is 211 g/mol. The summed E-state index contributed by atoms with van der Waals surface area (Å²) in [7, 11) is 1.86. The van der Waals surface area contributed by atoms with E-state index >= 15 is 0 Å². The van der Waals surface area contributed by atoms with Gasteiger partial charge in [0.1, 0.15) is 12.0 Å². The van der Waals surface area contributed by atoms with Crippen molar-refractivity contribution in [2.75, 3.05) is 13.6 Å². The minimum absolute atomic E-state index is 0.123. The maximum atomic E-state index is 13.0. The molecule has 15 heavy (non-hydrogen) atoms. The lowest BCUT2D eigenvalue weighted by molar-refractivity contribution is 0.0940. The lowest BCUT2D eigenvalue weighted by Crippen LogP contribution is -2.49. The molecule has 1 nitrogen and oxygen atoms in total. The lowest BCUT2D eigenvalue weighted by Gasteiger charge is -2.44. The average Bonchev–Trinajstić information content (AvgIpc) is 2.16. The highest BCUT2D eigenvalue weighted by Gasteiger charge is 2.45. The topological polar surface area (TPSA) is 12.0 Å². The van der Waals surface area contributed by atoms with E-state index in [4.69, 9.17) is 0 Å². The van der Waals surface area contributed by atoms with Crippen LogP contribution in [-0.4, -0.2) is 19.8 Å². The van der Waals surface area contributed by atoms with E-state index in [0.717, 1.165) is 12.1 Å². The van der Waals surface area contributed by atoms with E-state index in [1.54, 1.807) is 12.1 Å². The summed E-state index contributed by atoms with van der Waals surface area (Å²) in [5.41, 5.74) is 0.911. The normalized spacial score (nSPS) is 29.9. The first-order valence-electron chi connectivity index (χ1n) is 5.21. The predicted octanol–water partition coefficient (Wildman–Crippen LogP) is 2.41. The van der Waals surface area contributed by atoms with Crippen molar-refractivity contribution in [3.05, 3.63) is 35.6 Å². The van der Waals surface area contributed by atoms with Crippen molar-refractivity contribution in [2.24, 2.45) is 0 Å². The van der Waals surface area contributed by atoms with E-state index in [1.165, 1.54) is 12.1 Å². The minimum Gasteiger partial charge on any atom is -0.319 e. The molecule has 0 atom stereocenters. The van der Waals surface area contributed by atoms with Crippen molar-refractivity contribution in [1.29, 1.82) is 0 Å². The molecule has 1 aliphatic carbocycles.